The molecule has 1 atom stereocenters. The molecular weight excluding hydrogens is 440 g/mol. The number of hydrogen-bond acceptors (Lipinski definition) is 6. The highest BCUT2D eigenvalue weighted by Gasteiger charge is 2.23. The molecular formula is C27H30N6O2. The number of carbonyl (C=O) groups is 1. The van der Waals surface area contributed by atoms with E-state index < -0.39 is 0 Å². The van der Waals surface area contributed by atoms with Crippen LogP contribution in [-0.4, -0.2) is 50.4 Å². The molecule has 1 saturated heterocycles. The predicted octanol–water partition coefficient (Wildman–Crippen LogP) is 4.23. The zero-order valence-electron chi connectivity index (χ0n) is 19.9. The molecule has 35 heavy (non-hydrogen) atoms. The molecule has 1 N–H and O–H groups in total. The third-order valence-electron chi connectivity index (χ3n) is 6.62. The highest BCUT2D eigenvalue weighted by molar-refractivity contribution is 5.95. The Balaban J connectivity index is 1.23. The number of fused-ring (bicyclic) bond motifs is 1. The molecule has 8 heteroatoms. The number of benzene rings is 1. The van der Waals surface area contributed by atoms with Gasteiger partial charge >= 0.3 is 0 Å². The average Bonchev–Trinajstić information content (AvgIpc) is 3.25. The number of amides is 1. The molecule has 1 aliphatic heterocycles. The minimum atomic E-state index is 0.0655. The first kappa shape index (κ1) is 22.8. The first-order valence-corrected chi connectivity index (χ1v) is 12.1. The number of carbonyl (C=O) groups excluding carboxylic acids is 1. The number of nitrogens with one attached hydrogen (secondary N) is 1. The van der Waals surface area contributed by atoms with E-state index in [1.54, 1.807) is 19.5 Å². The highest BCUT2D eigenvalue weighted by atomic mass is 16.5. The zero-order chi connectivity index (χ0) is 24.0. The lowest BCUT2D eigenvalue weighted by Crippen LogP contribution is -2.32. The Bertz CT molecular complexity index is 1290. The second-order valence-corrected chi connectivity index (χ2v) is 8.99. The molecule has 0 radical (unpaired) electrons. The van der Waals surface area contributed by atoms with E-state index in [9.17, 15) is 4.79 Å². The van der Waals surface area contributed by atoms with Crippen molar-refractivity contribution in [2.24, 2.45) is 5.92 Å². The molecule has 1 amide bonds. The van der Waals surface area contributed by atoms with Crippen LogP contribution in [0.15, 0.2) is 67.5 Å². The maximum absolute atomic E-state index is 13.4. The lowest BCUT2D eigenvalue weighted by atomic mass is 9.95. The van der Waals surface area contributed by atoms with Crippen molar-refractivity contribution in [3.8, 4) is 5.75 Å². The van der Waals surface area contributed by atoms with Gasteiger partial charge in [0.25, 0.3) is 5.91 Å². The van der Waals surface area contributed by atoms with Gasteiger partial charge in [0, 0.05) is 56.2 Å². The molecule has 5 rings (SSSR count). The van der Waals surface area contributed by atoms with E-state index >= 15 is 0 Å². The highest BCUT2D eigenvalue weighted by Crippen LogP contribution is 2.28. The van der Waals surface area contributed by atoms with Crippen molar-refractivity contribution in [2.75, 3.05) is 25.5 Å². The maximum atomic E-state index is 13.4. The zero-order valence-corrected chi connectivity index (χ0v) is 19.9. The molecule has 1 fully saturated rings. The number of hydrogen-bond donors (Lipinski definition) is 1. The van der Waals surface area contributed by atoms with Crippen molar-refractivity contribution >= 4 is 17.2 Å². The third kappa shape index (κ3) is 5.42. The first-order chi connectivity index (χ1) is 17.2. The fourth-order valence-corrected chi connectivity index (χ4v) is 4.70. The van der Waals surface area contributed by atoms with Gasteiger partial charge in [-0.3, -0.25) is 14.8 Å². The molecule has 4 aromatic rings. The van der Waals surface area contributed by atoms with Crippen LogP contribution in [0.5, 0.6) is 5.75 Å². The van der Waals surface area contributed by atoms with Crippen LogP contribution >= 0.6 is 0 Å². The minimum Gasteiger partial charge on any atom is -0.495 e. The summed E-state index contributed by atoms with van der Waals surface area (Å²) >= 11 is 0. The van der Waals surface area contributed by atoms with E-state index in [0.29, 0.717) is 23.8 Å². The lowest BCUT2D eigenvalue weighted by Gasteiger charge is -2.22. The Labute approximate surface area is 205 Å². The van der Waals surface area contributed by atoms with Crippen LogP contribution < -0.4 is 10.1 Å². The van der Waals surface area contributed by atoms with Crippen LogP contribution in [0.2, 0.25) is 0 Å². The van der Waals surface area contributed by atoms with E-state index in [0.717, 1.165) is 61.4 Å². The van der Waals surface area contributed by atoms with Gasteiger partial charge in [-0.2, -0.15) is 0 Å². The van der Waals surface area contributed by atoms with E-state index in [1.807, 2.05) is 58.2 Å². The number of methoxy groups -OCH3 is 1. The Morgan fingerprint density at radius 3 is 2.94 bits per heavy atom. The van der Waals surface area contributed by atoms with Crippen LogP contribution in [0.25, 0.3) is 5.65 Å². The summed E-state index contributed by atoms with van der Waals surface area (Å²) in [6.07, 6.45) is 15.2. The number of pyridine rings is 1. The van der Waals surface area contributed by atoms with E-state index in [-0.39, 0.29) is 5.91 Å². The molecule has 0 saturated carbocycles. The number of anilines is 1. The Morgan fingerprint density at radius 2 is 2.09 bits per heavy atom. The number of likely N-dealkylation sites (tertiary alicyclic amines) is 1. The van der Waals surface area contributed by atoms with E-state index in [1.165, 1.54) is 0 Å². The number of nitrogens with zero attached hydrogens (tertiary/aromatic N) is 5. The first-order valence-electron chi connectivity index (χ1n) is 12.1. The van der Waals surface area contributed by atoms with Gasteiger partial charge in [-0.1, -0.05) is 6.07 Å². The van der Waals surface area contributed by atoms with Crippen molar-refractivity contribution < 1.29 is 9.53 Å². The fraction of sp³-hybridized carbons (Fsp3) is 0.333. The third-order valence-corrected chi connectivity index (χ3v) is 6.62. The lowest BCUT2D eigenvalue weighted by molar-refractivity contribution is 0.0760. The van der Waals surface area contributed by atoms with Crippen molar-refractivity contribution in [2.45, 2.75) is 32.2 Å². The van der Waals surface area contributed by atoms with Gasteiger partial charge in [-0.15, -0.1) is 0 Å². The number of aromatic nitrogens is 4. The molecule has 4 heterocycles. The van der Waals surface area contributed by atoms with Crippen LogP contribution in [0.3, 0.4) is 0 Å². The molecule has 0 spiro atoms. The van der Waals surface area contributed by atoms with Gasteiger partial charge in [0.1, 0.15) is 5.75 Å². The van der Waals surface area contributed by atoms with Crippen LogP contribution in [-0.2, 0) is 13.0 Å². The monoisotopic (exact) mass is 470 g/mol. The second kappa shape index (κ2) is 10.5. The smallest absolute Gasteiger partial charge is 0.253 e. The normalized spacial score (nSPS) is 16.1. The molecule has 3 aromatic heterocycles. The Kier molecular flexibility index (Phi) is 6.88. The summed E-state index contributed by atoms with van der Waals surface area (Å²) in [5.41, 5.74) is 4.47. The van der Waals surface area contributed by atoms with Gasteiger partial charge in [0.15, 0.2) is 5.65 Å². The summed E-state index contributed by atoms with van der Waals surface area (Å²) in [7, 11) is 1.64. The minimum absolute atomic E-state index is 0.0655. The van der Waals surface area contributed by atoms with Crippen molar-refractivity contribution in [1.82, 2.24) is 24.3 Å². The molecule has 1 aliphatic rings. The molecule has 180 valence electrons. The Morgan fingerprint density at radius 1 is 1.14 bits per heavy atom. The summed E-state index contributed by atoms with van der Waals surface area (Å²) in [6, 6.07) is 9.52. The summed E-state index contributed by atoms with van der Waals surface area (Å²) in [6.45, 7) is 2.13. The Hall–Kier alpha value is -3.94. The van der Waals surface area contributed by atoms with Gasteiger partial charge in [-0.25, -0.2) is 4.98 Å². The van der Waals surface area contributed by atoms with Crippen LogP contribution in [0.4, 0.5) is 5.69 Å². The fourth-order valence-electron chi connectivity index (χ4n) is 4.70. The van der Waals surface area contributed by atoms with E-state index in [4.69, 9.17) is 4.74 Å². The van der Waals surface area contributed by atoms with Crippen LogP contribution in [0, 0.1) is 5.92 Å². The van der Waals surface area contributed by atoms with Crippen molar-refractivity contribution in [3.05, 3.63) is 84.3 Å². The average molecular weight is 471 g/mol. The largest absolute Gasteiger partial charge is 0.495 e. The van der Waals surface area contributed by atoms with Gasteiger partial charge in [0.2, 0.25) is 0 Å². The molecule has 0 aliphatic carbocycles. The van der Waals surface area contributed by atoms with Crippen molar-refractivity contribution in [1.29, 1.82) is 0 Å². The number of ether oxygens (including phenoxy) is 1. The summed E-state index contributed by atoms with van der Waals surface area (Å²) in [4.78, 5) is 28.4. The van der Waals surface area contributed by atoms with Gasteiger partial charge in [0.05, 0.1) is 24.7 Å². The van der Waals surface area contributed by atoms with Gasteiger partial charge in [-0.05, 0) is 61.4 Å². The summed E-state index contributed by atoms with van der Waals surface area (Å²) in [5, 5.41) is 3.39. The summed E-state index contributed by atoms with van der Waals surface area (Å²) < 4.78 is 7.52. The predicted molar refractivity (Wildman–Crippen MR) is 134 cm³/mol. The summed E-state index contributed by atoms with van der Waals surface area (Å²) in [5.74, 6) is 1.29. The number of imidazole rings is 1. The quantitative estimate of drug-likeness (QED) is 0.435. The second-order valence-electron chi connectivity index (χ2n) is 8.99. The molecule has 8 nitrogen and oxygen atoms in total. The molecule has 0 unspecified atom stereocenters. The SMILES string of the molecule is COc1ccc(C(=O)N2CCC[C@@H](Cc3cn4ccnc4cn3)CC2)cc1NCc1cccnc1. The maximum Gasteiger partial charge on any atom is 0.253 e. The van der Waals surface area contributed by atoms with Crippen LogP contribution in [0.1, 0.15) is 40.9 Å². The van der Waals surface area contributed by atoms with E-state index in [2.05, 4.69) is 26.5 Å². The van der Waals surface area contributed by atoms with Crippen molar-refractivity contribution in [3.63, 3.8) is 0 Å². The standard InChI is InChI=1S/C27H30N6O2/c1-35-25-7-6-22(15-24(25)31-17-21-4-2-9-28-16-21)27(34)32-11-3-5-20(8-12-32)14-23-19-33-13-10-29-26(33)18-30-23/h2,4,6-7,9-10,13,15-16,18-20,31H,3,5,8,11-12,14,17H2,1H3/t20-/m1/s1. The van der Waals surface area contributed by atoms with Gasteiger partial charge < -0.3 is 19.4 Å². The topological polar surface area (TPSA) is 84.7 Å². The molecule has 0 bridgehead atoms. The molecule has 1 aromatic carbocycles. The number of rotatable bonds is 7.